The summed E-state index contributed by atoms with van der Waals surface area (Å²) in [6.07, 6.45) is -1.27. The van der Waals surface area contributed by atoms with Crippen LogP contribution in [0.2, 0.25) is 0 Å². The lowest BCUT2D eigenvalue weighted by molar-refractivity contribution is -0.137. The normalized spacial score (nSPS) is 20.0. The number of aryl methyl sites for hydroxylation is 1. The van der Waals surface area contributed by atoms with Crippen molar-refractivity contribution in [3.8, 4) is 0 Å². The number of piperazine rings is 1. The molecule has 0 radical (unpaired) electrons. The Labute approximate surface area is 174 Å². The average molecular weight is 417 g/mol. The molecule has 4 rings (SSSR count). The number of hydrogen-bond acceptors (Lipinski definition) is 3. The summed E-state index contributed by atoms with van der Waals surface area (Å²) in [6.45, 7) is 2.80. The lowest BCUT2D eigenvalue weighted by atomic mass is 9.88. The first kappa shape index (κ1) is 20.7. The third-order valence-electron chi connectivity index (χ3n) is 5.98. The fraction of sp³-hybridized carbons (Fsp3) is 0.435. The summed E-state index contributed by atoms with van der Waals surface area (Å²) < 4.78 is 38.9. The third kappa shape index (κ3) is 4.78. The van der Waals surface area contributed by atoms with Gasteiger partial charge in [0.15, 0.2) is 0 Å². The van der Waals surface area contributed by atoms with Crippen molar-refractivity contribution in [2.24, 2.45) is 0 Å². The van der Waals surface area contributed by atoms with Crippen molar-refractivity contribution < 1.29 is 18.0 Å². The van der Waals surface area contributed by atoms with Gasteiger partial charge in [0.1, 0.15) is 0 Å². The van der Waals surface area contributed by atoms with Crippen LogP contribution in [0.5, 0.6) is 0 Å². The number of nitrogens with zero attached hydrogens (tertiary/aromatic N) is 2. The molecule has 7 heteroatoms. The average Bonchev–Trinajstić information content (AvgIpc) is 2.74. The minimum absolute atomic E-state index is 0.00391. The molecule has 0 unspecified atom stereocenters. The topological polar surface area (TPSA) is 35.6 Å². The minimum atomic E-state index is -4.34. The van der Waals surface area contributed by atoms with E-state index in [1.165, 1.54) is 23.3 Å². The first-order valence-corrected chi connectivity index (χ1v) is 10.4. The first-order chi connectivity index (χ1) is 14.4. The van der Waals surface area contributed by atoms with Crippen LogP contribution < -0.4 is 10.2 Å². The van der Waals surface area contributed by atoms with Crippen molar-refractivity contribution >= 4 is 11.6 Å². The van der Waals surface area contributed by atoms with Crippen LogP contribution in [0.15, 0.2) is 48.5 Å². The van der Waals surface area contributed by atoms with Crippen LogP contribution in [0, 0.1) is 0 Å². The lowest BCUT2D eigenvalue weighted by Crippen LogP contribution is -2.50. The number of alkyl halides is 3. The standard InChI is InChI=1S/C23H26F3N3O/c24-23(25,26)18-7-4-8-19(15-18)29-13-11-28(12-14-29)16-22(30)27-21-10-3-6-17-5-1-2-9-20(17)21/h1-2,4-5,7-9,15,21H,3,6,10-14,16H2,(H,27,30)/t21-/m1/s1. The Morgan fingerprint density at radius 2 is 1.80 bits per heavy atom. The number of hydrogen-bond donors (Lipinski definition) is 1. The van der Waals surface area contributed by atoms with Crippen LogP contribution in [-0.4, -0.2) is 43.5 Å². The summed E-state index contributed by atoms with van der Waals surface area (Å²) >= 11 is 0. The molecule has 1 aliphatic carbocycles. The van der Waals surface area contributed by atoms with Crippen LogP contribution in [0.25, 0.3) is 0 Å². The van der Waals surface area contributed by atoms with Gasteiger partial charge >= 0.3 is 6.18 Å². The van der Waals surface area contributed by atoms with Gasteiger partial charge in [0, 0.05) is 31.9 Å². The molecule has 2 aliphatic rings. The highest BCUT2D eigenvalue weighted by molar-refractivity contribution is 5.78. The Hall–Kier alpha value is -2.54. The van der Waals surface area contributed by atoms with E-state index in [2.05, 4.69) is 22.3 Å². The molecule has 1 aliphatic heterocycles. The molecule has 2 aromatic carbocycles. The molecule has 2 aromatic rings. The molecule has 1 heterocycles. The van der Waals surface area contributed by atoms with E-state index < -0.39 is 11.7 Å². The number of anilines is 1. The molecule has 1 atom stereocenters. The maximum Gasteiger partial charge on any atom is 0.416 e. The van der Waals surface area contributed by atoms with Crippen LogP contribution in [0.1, 0.15) is 35.6 Å². The Morgan fingerprint density at radius 1 is 1.03 bits per heavy atom. The van der Waals surface area contributed by atoms with Crippen molar-refractivity contribution in [1.82, 2.24) is 10.2 Å². The SMILES string of the molecule is O=C(CN1CCN(c2cccc(C(F)(F)F)c2)CC1)N[C@@H]1CCCc2ccccc21. The zero-order valence-electron chi connectivity index (χ0n) is 16.8. The second kappa shape index (κ2) is 8.68. The molecule has 4 nitrogen and oxygen atoms in total. The van der Waals surface area contributed by atoms with Crippen LogP contribution in [0.4, 0.5) is 18.9 Å². The van der Waals surface area contributed by atoms with E-state index in [1.807, 2.05) is 17.0 Å². The van der Waals surface area contributed by atoms with Gasteiger partial charge in [0.2, 0.25) is 5.91 Å². The van der Waals surface area contributed by atoms with Crippen molar-refractivity contribution in [1.29, 1.82) is 0 Å². The molecular formula is C23H26F3N3O. The van der Waals surface area contributed by atoms with E-state index in [4.69, 9.17) is 0 Å². The number of carbonyl (C=O) groups is 1. The molecule has 160 valence electrons. The largest absolute Gasteiger partial charge is 0.416 e. The molecule has 1 saturated heterocycles. The summed E-state index contributed by atoms with van der Waals surface area (Å²) in [5.41, 5.74) is 2.47. The van der Waals surface area contributed by atoms with Crippen molar-refractivity contribution in [2.45, 2.75) is 31.5 Å². The number of benzene rings is 2. The third-order valence-corrected chi connectivity index (χ3v) is 5.98. The molecular weight excluding hydrogens is 391 g/mol. The predicted octanol–water partition coefficient (Wildman–Crippen LogP) is 4.02. The van der Waals surface area contributed by atoms with Gasteiger partial charge in [0.25, 0.3) is 0 Å². The first-order valence-electron chi connectivity index (χ1n) is 10.4. The summed E-state index contributed by atoms with van der Waals surface area (Å²) in [5.74, 6) is 0.00391. The Kier molecular flexibility index (Phi) is 5.99. The quantitative estimate of drug-likeness (QED) is 0.816. The van der Waals surface area contributed by atoms with Crippen LogP contribution in [-0.2, 0) is 17.4 Å². The predicted molar refractivity (Wildman–Crippen MR) is 110 cm³/mol. The highest BCUT2D eigenvalue weighted by Crippen LogP contribution is 2.32. The zero-order chi connectivity index (χ0) is 21.1. The van der Waals surface area contributed by atoms with Gasteiger partial charge in [-0.3, -0.25) is 9.69 Å². The second-order valence-electron chi connectivity index (χ2n) is 8.02. The van der Waals surface area contributed by atoms with Gasteiger partial charge in [-0.15, -0.1) is 0 Å². The van der Waals surface area contributed by atoms with Gasteiger partial charge in [-0.2, -0.15) is 13.2 Å². The van der Waals surface area contributed by atoms with Crippen molar-refractivity contribution in [2.75, 3.05) is 37.6 Å². The number of nitrogens with one attached hydrogen (secondary N) is 1. The molecule has 0 aromatic heterocycles. The summed E-state index contributed by atoms with van der Waals surface area (Å²) in [7, 11) is 0. The van der Waals surface area contributed by atoms with E-state index >= 15 is 0 Å². The van der Waals surface area contributed by atoms with Crippen molar-refractivity contribution in [3.63, 3.8) is 0 Å². The fourth-order valence-electron chi connectivity index (χ4n) is 4.39. The highest BCUT2D eigenvalue weighted by atomic mass is 19.4. The van der Waals surface area contributed by atoms with Crippen LogP contribution >= 0.6 is 0 Å². The van der Waals surface area contributed by atoms with Crippen LogP contribution in [0.3, 0.4) is 0 Å². The monoisotopic (exact) mass is 417 g/mol. The molecule has 1 N–H and O–H groups in total. The molecule has 0 spiro atoms. The number of rotatable bonds is 4. The number of carbonyl (C=O) groups excluding carboxylic acids is 1. The molecule has 0 bridgehead atoms. The molecule has 1 amide bonds. The van der Waals surface area contributed by atoms with E-state index in [-0.39, 0.29) is 11.9 Å². The van der Waals surface area contributed by atoms with E-state index in [1.54, 1.807) is 6.07 Å². The molecule has 1 fully saturated rings. The Bertz CT molecular complexity index is 891. The van der Waals surface area contributed by atoms with E-state index in [0.717, 1.165) is 25.3 Å². The van der Waals surface area contributed by atoms with Gasteiger partial charge in [-0.1, -0.05) is 30.3 Å². The number of halogens is 3. The maximum absolute atomic E-state index is 13.0. The molecule has 30 heavy (non-hydrogen) atoms. The Balaban J connectivity index is 1.30. The molecule has 0 saturated carbocycles. The maximum atomic E-state index is 13.0. The summed E-state index contributed by atoms with van der Waals surface area (Å²) in [4.78, 5) is 16.6. The number of amides is 1. The van der Waals surface area contributed by atoms with Crippen molar-refractivity contribution in [3.05, 3.63) is 65.2 Å². The second-order valence-corrected chi connectivity index (χ2v) is 8.02. The minimum Gasteiger partial charge on any atom is -0.369 e. The summed E-state index contributed by atoms with van der Waals surface area (Å²) in [5, 5.41) is 3.17. The van der Waals surface area contributed by atoms with Gasteiger partial charge < -0.3 is 10.2 Å². The van der Waals surface area contributed by atoms with E-state index in [0.29, 0.717) is 38.4 Å². The Morgan fingerprint density at radius 3 is 2.57 bits per heavy atom. The smallest absolute Gasteiger partial charge is 0.369 e. The lowest BCUT2D eigenvalue weighted by Gasteiger charge is -2.36. The zero-order valence-corrected chi connectivity index (χ0v) is 16.8. The fourth-order valence-corrected chi connectivity index (χ4v) is 4.39. The number of fused-ring (bicyclic) bond motifs is 1. The summed E-state index contributed by atoms with van der Waals surface area (Å²) in [6, 6.07) is 13.8. The van der Waals surface area contributed by atoms with E-state index in [9.17, 15) is 18.0 Å². The highest BCUT2D eigenvalue weighted by Gasteiger charge is 2.31. The van der Waals surface area contributed by atoms with Gasteiger partial charge in [-0.05, 0) is 48.6 Å². The van der Waals surface area contributed by atoms with Gasteiger partial charge in [0.05, 0.1) is 18.2 Å². The van der Waals surface area contributed by atoms with Gasteiger partial charge in [-0.25, -0.2) is 0 Å².